The van der Waals surface area contributed by atoms with Crippen LogP contribution in [0.15, 0.2) is 24.3 Å². The van der Waals surface area contributed by atoms with Crippen LogP contribution in [0.4, 0.5) is 13.2 Å². The number of halogens is 3. The number of benzene rings is 1. The lowest BCUT2D eigenvalue weighted by molar-refractivity contribution is -0.137. The van der Waals surface area contributed by atoms with Crippen LogP contribution in [0.25, 0.3) is 0 Å². The van der Waals surface area contributed by atoms with E-state index in [0.717, 1.165) is 18.2 Å². The van der Waals surface area contributed by atoms with Crippen LogP contribution in [-0.2, 0) is 11.0 Å². The molecule has 3 nitrogen and oxygen atoms in total. The monoisotopic (exact) mass is 273 g/mol. The summed E-state index contributed by atoms with van der Waals surface area (Å²) in [7, 11) is 0. The number of ketones is 1. The molecule has 0 saturated heterocycles. The Kier molecular flexibility index (Phi) is 4.69. The van der Waals surface area contributed by atoms with Crippen molar-refractivity contribution in [3.63, 3.8) is 0 Å². The van der Waals surface area contributed by atoms with E-state index in [1.54, 1.807) is 13.8 Å². The van der Waals surface area contributed by atoms with Crippen molar-refractivity contribution in [3.8, 4) is 0 Å². The van der Waals surface area contributed by atoms with Crippen LogP contribution in [0.5, 0.6) is 0 Å². The zero-order valence-corrected chi connectivity index (χ0v) is 10.5. The van der Waals surface area contributed by atoms with E-state index >= 15 is 0 Å². The molecule has 1 aromatic rings. The Hall–Kier alpha value is -1.85. The van der Waals surface area contributed by atoms with E-state index in [2.05, 4.69) is 5.32 Å². The fourth-order valence-corrected chi connectivity index (χ4v) is 1.31. The molecule has 1 amide bonds. The summed E-state index contributed by atoms with van der Waals surface area (Å²) in [6.45, 7) is 3.17. The van der Waals surface area contributed by atoms with Gasteiger partial charge in [-0.3, -0.25) is 9.59 Å². The Morgan fingerprint density at radius 3 is 2.42 bits per heavy atom. The molecule has 6 heteroatoms. The summed E-state index contributed by atoms with van der Waals surface area (Å²) < 4.78 is 37.4. The van der Waals surface area contributed by atoms with E-state index < -0.39 is 17.6 Å². The molecule has 0 fully saturated rings. The van der Waals surface area contributed by atoms with Gasteiger partial charge in [-0.2, -0.15) is 13.2 Å². The molecule has 0 aliphatic heterocycles. The second kappa shape index (κ2) is 5.86. The lowest BCUT2D eigenvalue weighted by Crippen LogP contribution is -2.31. The van der Waals surface area contributed by atoms with Crippen LogP contribution in [0.1, 0.15) is 29.8 Å². The van der Waals surface area contributed by atoms with Crippen molar-refractivity contribution in [2.75, 3.05) is 6.54 Å². The second-order valence-electron chi connectivity index (χ2n) is 4.38. The highest BCUT2D eigenvalue weighted by Crippen LogP contribution is 2.29. The highest BCUT2D eigenvalue weighted by atomic mass is 19.4. The number of carbonyl (C=O) groups excluding carboxylic acids is 2. The Morgan fingerprint density at radius 1 is 1.26 bits per heavy atom. The molecule has 0 atom stereocenters. The first kappa shape index (κ1) is 15.2. The predicted octanol–water partition coefficient (Wildman–Crippen LogP) is 2.66. The third kappa shape index (κ3) is 4.39. The Balaban J connectivity index is 2.76. The molecule has 0 aromatic heterocycles. The Labute approximate surface area is 108 Å². The van der Waals surface area contributed by atoms with Gasteiger partial charge in [0.05, 0.1) is 12.1 Å². The van der Waals surface area contributed by atoms with E-state index in [1.165, 1.54) is 6.07 Å². The van der Waals surface area contributed by atoms with Crippen LogP contribution in [0, 0.1) is 5.92 Å². The van der Waals surface area contributed by atoms with Crippen LogP contribution in [-0.4, -0.2) is 18.2 Å². The number of alkyl halides is 3. The molecule has 0 unspecified atom stereocenters. The molecule has 0 aliphatic carbocycles. The van der Waals surface area contributed by atoms with Crippen molar-refractivity contribution in [1.29, 1.82) is 0 Å². The van der Waals surface area contributed by atoms with Crippen LogP contribution >= 0.6 is 0 Å². The number of rotatable bonds is 4. The molecule has 0 spiro atoms. The summed E-state index contributed by atoms with van der Waals surface area (Å²) in [6, 6.07) is 4.07. The summed E-state index contributed by atoms with van der Waals surface area (Å²) in [6.07, 6.45) is -4.50. The molecule has 19 heavy (non-hydrogen) atoms. The number of nitrogens with one attached hydrogen (secondary N) is 1. The standard InChI is InChI=1S/C13H14F3NO2/c1-8(2)11(18)7-17-12(19)9-4-3-5-10(6-9)13(14,15)16/h3-6,8H,7H2,1-2H3,(H,17,19). The third-order valence-electron chi connectivity index (χ3n) is 2.52. The highest BCUT2D eigenvalue weighted by molar-refractivity contribution is 5.97. The van der Waals surface area contributed by atoms with E-state index in [9.17, 15) is 22.8 Å². The normalized spacial score (nSPS) is 11.5. The summed E-state index contributed by atoms with van der Waals surface area (Å²) in [4.78, 5) is 22.9. The molecule has 1 N–H and O–H groups in total. The first-order chi connectivity index (χ1) is 8.71. The van der Waals surface area contributed by atoms with Crippen LogP contribution in [0.2, 0.25) is 0 Å². The molecule has 1 aromatic carbocycles. The molecule has 104 valence electrons. The number of carbonyl (C=O) groups is 2. The summed E-state index contributed by atoms with van der Waals surface area (Å²) in [5.41, 5.74) is -1.01. The number of hydrogen-bond acceptors (Lipinski definition) is 2. The fraction of sp³-hybridized carbons (Fsp3) is 0.385. The van der Waals surface area contributed by atoms with Crippen molar-refractivity contribution in [2.45, 2.75) is 20.0 Å². The smallest absolute Gasteiger partial charge is 0.345 e. The molecule has 0 heterocycles. The lowest BCUT2D eigenvalue weighted by atomic mass is 10.1. The van der Waals surface area contributed by atoms with Crippen molar-refractivity contribution >= 4 is 11.7 Å². The average Bonchev–Trinajstić information content (AvgIpc) is 2.34. The van der Waals surface area contributed by atoms with Gasteiger partial charge in [-0.05, 0) is 18.2 Å². The highest BCUT2D eigenvalue weighted by Gasteiger charge is 2.30. The van der Waals surface area contributed by atoms with Crippen molar-refractivity contribution < 1.29 is 22.8 Å². The SMILES string of the molecule is CC(C)C(=O)CNC(=O)c1cccc(C(F)(F)F)c1. The molecule has 1 rings (SSSR count). The number of amides is 1. The van der Waals surface area contributed by atoms with E-state index in [1.807, 2.05) is 0 Å². The number of hydrogen-bond donors (Lipinski definition) is 1. The minimum Gasteiger partial charge on any atom is -0.345 e. The van der Waals surface area contributed by atoms with Gasteiger partial charge < -0.3 is 5.32 Å². The first-order valence-electron chi connectivity index (χ1n) is 5.70. The van der Waals surface area contributed by atoms with Gasteiger partial charge in [0.15, 0.2) is 5.78 Å². The van der Waals surface area contributed by atoms with Crippen LogP contribution < -0.4 is 5.32 Å². The molecule has 0 aliphatic rings. The maximum Gasteiger partial charge on any atom is 0.416 e. The van der Waals surface area contributed by atoms with Crippen molar-refractivity contribution in [3.05, 3.63) is 35.4 Å². The van der Waals surface area contributed by atoms with Gasteiger partial charge in [-0.25, -0.2) is 0 Å². The zero-order valence-electron chi connectivity index (χ0n) is 10.5. The average molecular weight is 273 g/mol. The minimum atomic E-state index is -4.50. The Morgan fingerprint density at radius 2 is 1.89 bits per heavy atom. The Bertz CT molecular complexity index is 481. The maximum absolute atomic E-state index is 12.5. The van der Waals surface area contributed by atoms with E-state index in [0.29, 0.717) is 0 Å². The van der Waals surface area contributed by atoms with E-state index in [4.69, 9.17) is 0 Å². The van der Waals surface area contributed by atoms with Gasteiger partial charge in [-0.15, -0.1) is 0 Å². The van der Waals surface area contributed by atoms with Gasteiger partial charge in [-0.1, -0.05) is 19.9 Å². The van der Waals surface area contributed by atoms with E-state index in [-0.39, 0.29) is 23.8 Å². The lowest BCUT2D eigenvalue weighted by Gasteiger charge is -2.09. The topological polar surface area (TPSA) is 46.2 Å². The first-order valence-corrected chi connectivity index (χ1v) is 5.70. The number of Topliss-reactive ketones (excluding diaryl/α,β-unsaturated/α-hetero) is 1. The maximum atomic E-state index is 12.5. The van der Waals surface area contributed by atoms with Crippen molar-refractivity contribution in [2.24, 2.45) is 5.92 Å². The molecule has 0 saturated carbocycles. The van der Waals surface area contributed by atoms with Gasteiger partial charge in [0, 0.05) is 11.5 Å². The van der Waals surface area contributed by atoms with Gasteiger partial charge in [0.25, 0.3) is 5.91 Å². The molecule has 0 bridgehead atoms. The zero-order chi connectivity index (χ0) is 14.6. The molecular weight excluding hydrogens is 259 g/mol. The van der Waals surface area contributed by atoms with Gasteiger partial charge in [0.2, 0.25) is 0 Å². The second-order valence-corrected chi connectivity index (χ2v) is 4.38. The molecular formula is C13H14F3NO2. The minimum absolute atomic E-state index is 0.119. The van der Waals surface area contributed by atoms with Crippen LogP contribution in [0.3, 0.4) is 0 Å². The fourth-order valence-electron chi connectivity index (χ4n) is 1.31. The molecule has 0 radical (unpaired) electrons. The third-order valence-corrected chi connectivity index (χ3v) is 2.52. The summed E-state index contributed by atoms with van der Waals surface area (Å²) >= 11 is 0. The summed E-state index contributed by atoms with van der Waals surface area (Å²) in [5.74, 6) is -1.11. The predicted molar refractivity (Wildman–Crippen MR) is 63.6 cm³/mol. The largest absolute Gasteiger partial charge is 0.416 e. The van der Waals surface area contributed by atoms with Crippen molar-refractivity contribution in [1.82, 2.24) is 5.32 Å². The summed E-state index contributed by atoms with van der Waals surface area (Å²) in [5, 5.41) is 2.30. The quantitative estimate of drug-likeness (QED) is 0.916. The van der Waals surface area contributed by atoms with Gasteiger partial charge in [0.1, 0.15) is 0 Å². The van der Waals surface area contributed by atoms with Gasteiger partial charge >= 0.3 is 6.18 Å².